The molecule has 0 saturated heterocycles. The summed E-state index contributed by atoms with van der Waals surface area (Å²) in [6.07, 6.45) is 0. The van der Waals surface area contributed by atoms with Crippen LogP contribution in [0.25, 0.3) is 11.0 Å². The van der Waals surface area contributed by atoms with Gasteiger partial charge in [-0.25, -0.2) is 13.4 Å². The zero-order valence-electron chi connectivity index (χ0n) is 16.6. The van der Waals surface area contributed by atoms with Gasteiger partial charge in [0.1, 0.15) is 16.2 Å². The summed E-state index contributed by atoms with van der Waals surface area (Å²) >= 11 is 12.3. The highest BCUT2D eigenvalue weighted by atomic mass is 35.5. The van der Waals surface area contributed by atoms with E-state index < -0.39 is 9.84 Å². The second kappa shape index (κ2) is 8.38. The summed E-state index contributed by atoms with van der Waals surface area (Å²) < 4.78 is 38.0. The van der Waals surface area contributed by atoms with Crippen LogP contribution < -0.4 is 10.3 Å². The smallest absolute Gasteiger partial charge is 0.239 e. The van der Waals surface area contributed by atoms with Crippen LogP contribution in [0.5, 0.6) is 5.75 Å². The number of rotatable bonds is 4. The van der Waals surface area contributed by atoms with Crippen molar-refractivity contribution in [1.82, 2.24) is 0 Å². The number of hydrogen-bond acceptors (Lipinski definition) is 5. The van der Waals surface area contributed by atoms with E-state index in [1.165, 1.54) is 13.2 Å². The molecule has 0 aliphatic rings. The summed E-state index contributed by atoms with van der Waals surface area (Å²) in [4.78, 5) is 4.51. The van der Waals surface area contributed by atoms with Crippen molar-refractivity contribution in [2.45, 2.75) is 16.7 Å². The molecule has 0 aliphatic heterocycles. The molecule has 158 valence electrons. The Morgan fingerprint density at radius 1 is 0.935 bits per heavy atom. The zero-order valence-corrected chi connectivity index (χ0v) is 18.9. The average Bonchev–Trinajstić information content (AvgIpc) is 2.74. The third-order valence-corrected chi connectivity index (χ3v) is 6.96. The molecular formula is C23H17Cl2NO4S. The second-order valence-corrected chi connectivity index (χ2v) is 9.61. The van der Waals surface area contributed by atoms with Crippen LogP contribution >= 0.6 is 23.2 Å². The summed E-state index contributed by atoms with van der Waals surface area (Å²) in [6.45, 7) is 1.89. The van der Waals surface area contributed by atoms with Gasteiger partial charge >= 0.3 is 0 Å². The first-order valence-electron chi connectivity index (χ1n) is 9.21. The minimum absolute atomic E-state index is 0.0587. The molecule has 0 bridgehead atoms. The maximum Gasteiger partial charge on any atom is 0.239 e. The van der Waals surface area contributed by atoms with Gasteiger partial charge in [-0.2, -0.15) is 0 Å². The molecule has 0 radical (unpaired) electrons. The van der Waals surface area contributed by atoms with Gasteiger partial charge in [0.15, 0.2) is 0 Å². The molecule has 0 amide bonds. The van der Waals surface area contributed by atoms with Crippen molar-refractivity contribution >= 4 is 49.7 Å². The fraction of sp³-hybridized carbons (Fsp3) is 0.0870. The third-order valence-electron chi connectivity index (χ3n) is 4.66. The molecule has 31 heavy (non-hydrogen) atoms. The van der Waals surface area contributed by atoms with Gasteiger partial charge in [-0.15, -0.1) is 0 Å². The normalized spacial score (nSPS) is 12.3. The lowest BCUT2D eigenvalue weighted by molar-refractivity contribution is 0.415. The first-order valence-corrected chi connectivity index (χ1v) is 11.5. The highest BCUT2D eigenvalue weighted by molar-refractivity contribution is 7.91. The summed E-state index contributed by atoms with van der Waals surface area (Å²) in [7, 11) is -2.41. The van der Waals surface area contributed by atoms with E-state index in [2.05, 4.69) is 4.99 Å². The van der Waals surface area contributed by atoms with E-state index >= 15 is 0 Å². The monoisotopic (exact) mass is 473 g/mol. The van der Waals surface area contributed by atoms with Crippen LogP contribution in [0.2, 0.25) is 10.0 Å². The van der Waals surface area contributed by atoms with Crippen LogP contribution in [0, 0.1) is 6.92 Å². The van der Waals surface area contributed by atoms with E-state index in [1.54, 1.807) is 60.7 Å². The maximum atomic E-state index is 13.5. The SMILES string of the molecule is COc1ccc(N=c2oc3ccc(Cl)cc3cc2S(=O)(=O)c2ccc(C)cc2)cc1Cl. The van der Waals surface area contributed by atoms with Crippen molar-refractivity contribution in [3.05, 3.63) is 87.9 Å². The molecule has 5 nitrogen and oxygen atoms in total. The van der Waals surface area contributed by atoms with Crippen molar-refractivity contribution < 1.29 is 17.6 Å². The fourth-order valence-corrected chi connectivity index (χ4v) is 4.82. The Hall–Kier alpha value is -2.80. The zero-order chi connectivity index (χ0) is 22.2. The number of fused-ring (bicyclic) bond motifs is 1. The number of methoxy groups -OCH3 is 1. The first-order chi connectivity index (χ1) is 14.8. The molecule has 1 heterocycles. The van der Waals surface area contributed by atoms with Crippen LogP contribution in [0.1, 0.15) is 5.56 Å². The van der Waals surface area contributed by atoms with Gasteiger partial charge in [0.05, 0.1) is 22.7 Å². The fourth-order valence-electron chi connectivity index (χ4n) is 3.04. The molecule has 8 heteroatoms. The van der Waals surface area contributed by atoms with Crippen molar-refractivity contribution in [1.29, 1.82) is 0 Å². The van der Waals surface area contributed by atoms with Crippen molar-refractivity contribution in [2.24, 2.45) is 4.99 Å². The standard InChI is InChI=1S/C23H17Cl2NO4S/c1-14-3-7-18(8-4-14)31(27,28)22-12-15-11-16(24)5-9-20(15)30-23(22)26-17-6-10-21(29-2)19(25)13-17/h3-13H,1-2H3. The second-order valence-electron chi connectivity index (χ2n) is 6.85. The summed E-state index contributed by atoms with van der Waals surface area (Å²) in [5.41, 5.74) is 1.76. The number of aryl methyl sites for hydroxylation is 1. The number of halogens is 2. The molecule has 0 saturated carbocycles. The van der Waals surface area contributed by atoms with Gasteiger partial charge in [-0.3, -0.25) is 0 Å². The van der Waals surface area contributed by atoms with E-state index in [9.17, 15) is 8.42 Å². The van der Waals surface area contributed by atoms with Gasteiger partial charge in [-0.05, 0) is 61.5 Å². The Morgan fingerprint density at radius 3 is 2.35 bits per heavy atom. The maximum absolute atomic E-state index is 13.5. The molecular weight excluding hydrogens is 457 g/mol. The number of hydrogen-bond donors (Lipinski definition) is 0. The van der Waals surface area contributed by atoms with Crippen molar-refractivity contribution in [2.75, 3.05) is 7.11 Å². The predicted molar refractivity (Wildman–Crippen MR) is 121 cm³/mol. The topological polar surface area (TPSA) is 68.9 Å². The van der Waals surface area contributed by atoms with Crippen molar-refractivity contribution in [3.63, 3.8) is 0 Å². The number of benzene rings is 3. The van der Waals surface area contributed by atoms with Crippen LogP contribution in [-0.4, -0.2) is 15.5 Å². The van der Waals surface area contributed by atoms with E-state index in [-0.39, 0.29) is 15.3 Å². The summed E-state index contributed by atoms with van der Waals surface area (Å²) in [5.74, 6) is 0.484. The van der Waals surface area contributed by atoms with E-state index in [1.807, 2.05) is 6.92 Å². The minimum atomic E-state index is -3.92. The Morgan fingerprint density at radius 2 is 1.68 bits per heavy atom. The van der Waals surface area contributed by atoms with Crippen LogP contribution in [0.3, 0.4) is 0 Å². The Balaban J connectivity index is 2.00. The highest BCUT2D eigenvalue weighted by Crippen LogP contribution is 2.29. The molecule has 0 N–H and O–H groups in total. The largest absolute Gasteiger partial charge is 0.495 e. The number of ether oxygens (including phenoxy) is 1. The van der Waals surface area contributed by atoms with E-state index in [0.717, 1.165) is 5.56 Å². The Labute approximate surface area is 189 Å². The molecule has 4 rings (SSSR count). The van der Waals surface area contributed by atoms with Gasteiger partial charge in [0, 0.05) is 10.4 Å². The van der Waals surface area contributed by atoms with Gasteiger partial charge in [0.2, 0.25) is 15.4 Å². The van der Waals surface area contributed by atoms with Gasteiger partial charge in [-0.1, -0.05) is 40.9 Å². The molecule has 4 aromatic rings. The Bertz CT molecular complexity index is 1460. The van der Waals surface area contributed by atoms with Crippen LogP contribution in [-0.2, 0) is 9.84 Å². The van der Waals surface area contributed by atoms with Crippen LogP contribution in [0.4, 0.5) is 5.69 Å². The van der Waals surface area contributed by atoms with E-state index in [4.69, 9.17) is 32.4 Å². The first kappa shape index (κ1) is 21.4. The lowest BCUT2D eigenvalue weighted by Gasteiger charge is -2.08. The number of sulfone groups is 1. The molecule has 0 spiro atoms. The Kier molecular flexibility index (Phi) is 5.79. The quantitative estimate of drug-likeness (QED) is 0.357. The predicted octanol–water partition coefficient (Wildman–Crippen LogP) is 6.12. The van der Waals surface area contributed by atoms with Gasteiger partial charge < -0.3 is 9.15 Å². The molecule has 1 aromatic heterocycles. The average molecular weight is 474 g/mol. The molecule has 0 atom stereocenters. The molecule has 0 fully saturated rings. The van der Waals surface area contributed by atoms with Crippen LogP contribution in [0.15, 0.2) is 85.9 Å². The summed E-state index contributed by atoms with van der Waals surface area (Å²) in [5, 5.41) is 1.36. The summed E-state index contributed by atoms with van der Waals surface area (Å²) in [6, 6.07) is 18.0. The highest BCUT2D eigenvalue weighted by Gasteiger charge is 2.22. The molecule has 0 unspecified atom stereocenters. The molecule has 0 aliphatic carbocycles. The lowest BCUT2D eigenvalue weighted by Crippen LogP contribution is -2.15. The van der Waals surface area contributed by atoms with Crippen molar-refractivity contribution in [3.8, 4) is 5.75 Å². The minimum Gasteiger partial charge on any atom is -0.495 e. The third kappa shape index (κ3) is 4.32. The number of nitrogens with zero attached hydrogens (tertiary/aromatic N) is 1. The molecule has 3 aromatic carbocycles. The lowest BCUT2D eigenvalue weighted by atomic mass is 10.2. The van der Waals surface area contributed by atoms with Gasteiger partial charge in [0.25, 0.3) is 0 Å². The van der Waals surface area contributed by atoms with E-state index in [0.29, 0.717) is 32.5 Å².